The third kappa shape index (κ3) is 3.99. The highest BCUT2D eigenvalue weighted by Gasteiger charge is 2.06. The van der Waals surface area contributed by atoms with Crippen molar-refractivity contribution in [1.82, 2.24) is 10.3 Å². The molecule has 0 aliphatic heterocycles. The van der Waals surface area contributed by atoms with Crippen molar-refractivity contribution in [3.63, 3.8) is 0 Å². The predicted octanol–water partition coefficient (Wildman–Crippen LogP) is 2.50. The van der Waals surface area contributed by atoms with E-state index in [0.717, 1.165) is 11.6 Å². The number of ether oxygens (including phenoxy) is 1. The molecule has 4 nitrogen and oxygen atoms in total. The van der Waals surface area contributed by atoms with E-state index in [1.54, 1.807) is 12.4 Å². The number of hydrogen-bond donors (Lipinski definition) is 2. The molecule has 0 bridgehead atoms. The van der Waals surface area contributed by atoms with Gasteiger partial charge in [-0.2, -0.15) is 0 Å². The number of halogens is 2. The van der Waals surface area contributed by atoms with E-state index in [0.29, 0.717) is 6.54 Å². The summed E-state index contributed by atoms with van der Waals surface area (Å²) in [6, 6.07) is 5.60. The fourth-order valence-electron chi connectivity index (χ4n) is 1.46. The van der Waals surface area contributed by atoms with Crippen LogP contribution in [0.3, 0.4) is 0 Å². The highest BCUT2D eigenvalue weighted by atomic mass is 35.5. The zero-order chi connectivity index (χ0) is 13.7. The van der Waals surface area contributed by atoms with E-state index in [4.69, 9.17) is 16.3 Å². The third-order valence-electron chi connectivity index (χ3n) is 2.40. The highest BCUT2D eigenvalue weighted by molar-refractivity contribution is 6.32. The quantitative estimate of drug-likeness (QED) is 0.885. The van der Waals surface area contributed by atoms with Crippen LogP contribution in [0.15, 0.2) is 36.7 Å². The van der Waals surface area contributed by atoms with E-state index < -0.39 is 5.82 Å². The van der Waals surface area contributed by atoms with Crippen LogP contribution in [0.4, 0.5) is 4.39 Å². The number of carbonyl (C=O) groups excluding carboxylic acids is 1. The molecular formula is C13H12ClFN2O2. The minimum Gasteiger partial charge on any atom is -0.482 e. The number of aromatic amines is 1. The van der Waals surface area contributed by atoms with Gasteiger partial charge in [0, 0.05) is 18.9 Å². The summed E-state index contributed by atoms with van der Waals surface area (Å²) in [5, 5.41) is 2.82. The lowest BCUT2D eigenvalue weighted by molar-refractivity contribution is -0.123. The molecule has 6 heteroatoms. The molecule has 0 spiro atoms. The lowest BCUT2D eigenvalue weighted by Crippen LogP contribution is -2.28. The summed E-state index contributed by atoms with van der Waals surface area (Å²) < 4.78 is 18.0. The van der Waals surface area contributed by atoms with Gasteiger partial charge in [-0.25, -0.2) is 4.39 Å². The van der Waals surface area contributed by atoms with Gasteiger partial charge in [-0.05, 0) is 29.8 Å². The van der Waals surface area contributed by atoms with Crippen LogP contribution in [-0.2, 0) is 11.3 Å². The Morgan fingerprint density at radius 1 is 1.42 bits per heavy atom. The number of benzene rings is 1. The maximum Gasteiger partial charge on any atom is 0.258 e. The molecule has 0 aliphatic carbocycles. The smallest absolute Gasteiger partial charge is 0.258 e. The van der Waals surface area contributed by atoms with Crippen molar-refractivity contribution < 1.29 is 13.9 Å². The summed E-state index contributed by atoms with van der Waals surface area (Å²) >= 11 is 5.77. The Hall–Kier alpha value is -2.01. The average molecular weight is 283 g/mol. The first-order valence-electron chi connectivity index (χ1n) is 5.61. The Morgan fingerprint density at radius 3 is 2.95 bits per heavy atom. The first-order valence-corrected chi connectivity index (χ1v) is 5.99. The number of carbonyl (C=O) groups is 1. The van der Waals surface area contributed by atoms with E-state index in [1.165, 1.54) is 12.1 Å². The predicted molar refractivity (Wildman–Crippen MR) is 69.5 cm³/mol. The fourth-order valence-corrected chi connectivity index (χ4v) is 1.68. The molecular weight excluding hydrogens is 271 g/mol. The molecule has 2 aromatic rings. The van der Waals surface area contributed by atoms with Gasteiger partial charge in [0.05, 0.1) is 5.02 Å². The van der Waals surface area contributed by atoms with E-state index in [-0.39, 0.29) is 23.3 Å². The van der Waals surface area contributed by atoms with E-state index in [9.17, 15) is 9.18 Å². The molecule has 0 radical (unpaired) electrons. The molecule has 100 valence electrons. The van der Waals surface area contributed by atoms with E-state index in [2.05, 4.69) is 10.3 Å². The molecule has 0 aliphatic rings. The summed E-state index contributed by atoms with van der Waals surface area (Å²) in [4.78, 5) is 14.4. The Morgan fingerprint density at radius 2 is 2.26 bits per heavy atom. The monoisotopic (exact) mass is 282 g/mol. The molecule has 19 heavy (non-hydrogen) atoms. The molecule has 1 amide bonds. The molecule has 0 saturated heterocycles. The van der Waals surface area contributed by atoms with Gasteiger partial charge >= 0.3 is 0 Å². The number of rotatable bonds is 5. The molecule has 0 unspecified atom stereocenters. The normalized spacial score (nSPS) is 10.2. The number of hydrogen-bond acceptors (Lipinski definition) is 2. The first kappa shape index (κ1) is 13.4. The summed E-state index contributed by atoms with van der Waals surface area (Å²) in [7, 11) is 0. The molecule has 2 N–H and O–H groups in total. The average Bonchev–Trinajstić information content (AvgIpc) is 2.88. The summed E-state index contributed by atoms with van der Waals surface area (Å²) in [5.41, 5.74) is 0.966. The zero-order valence-electron chi connectivity index (χ0n) is 9.95. The maximum absolute atomic E-state index is 12.8. The third-order valence-corrected chi connectivity index (χ3v) is 2.70. The van der Waals surface area contributed by atoms with Gasteiger partial charge in [0.25, 0.3) is 5.91 Å². The van der Waals surface area contributed by atoms with Gasteiger partial charge in [-0.3, -0.25) is 4.79 Å². The molecule has 0 fully saturated rings. The summed E-state index contributed by atoms with van der Waals surface area (Å²) in [6.45, 7) is 0.249. The molecule has 2 rings (SSSR count). The van der Waals surface area contributed by atoms with Gasteiger partial charge < -0.3 is 15.0 Å². The van der Waals surface area contributed by atoms with Gasteiger partial charge in [-0.15, -0.1) is 0 Å². The van der Waals surface area contributed by atoms with Gasteiger partial charge in [0.2, 0.25) is 0 Å². The fraction of sp³-hybridized carbons (Fsp3) is 0.154. The molecule has 0 atom stereocenters. The minimum absolute atomic E-state index is 0.137. The topological polar surface area (TPSA) is 54.1 Å². The largest absolute Gasteiger partial charge is 0.482 e. The van der Waals surface area contributed by atoms with Crippen LogP contribution >= 0.6 is 11.6 Å². The Bertz CT molecular complexity index is 558. The first-order chi connectivity index (χ1) is 9.15. The number of H-pyrrole nitrogens is 1. The Kier molecular flexibility index (Phi) is 4.41. The van der Waals surface area contributed by atoms with Crippen LogP contribution in [-0.4, -0.2) is 17.5 Å². The Balaban J connectivity index is 1.80. The molecule has 1 aromatic carbocycles. The molecule has 0 saturated carbocycles. The second kappa shape index (κ2) is 6.24. The second-order valence-electron chi connectivity index (χ2n) is 3.86. The Labute approximate surface area is 114 Å². The zero-order valence-corrected chi connectivity index (χ0v) is 10.7. The lowest BCUT2D eigenvalue weighted by atomic mass is 10.3. The van der Waals surface area contributed by atoms with Crippen LogP contribution in [0.25, 0.3) is 0 Å². The van der Waals surface area contributed by atoms with Crippen LogP contribution in [0.1, 0.15) is 5.56 Å². The van der Waals surface area contributed by atoms with Crippen molar-refractivity contribution in [3.05, 3.63) is 53.1 Å². The van der Waals surface area contributed by atoms with Gasteiger partial charge in [0.15, 0.2) is 6.61 Å². The second-order valence-corrected chi connectivity index (χ2v) is 4.27. The van der Waals surface area contributed by atoms with Crippen LogP contribution in [0, 0.1) is 5.82 Å². The summed E-state index contributed by atoms with van der Waals surface area (Å²) in [6.07, 6.45) is 3.56. The highest BCUT2D eigenvalue weighted by Crippen LogP contribution is 2.24. The van der Waals surface area contributed by atoms with Crippen molar-refractivity contribution in [3.8, 4) is 5.75 Å². The molecule has 1 heterocycles. The van der Waals surface area contributed by atoms with Crippen molar-refractivity contribution in [1.29, 1.82) is 0 Å². The van der Waals surface area contributed by atoms with Crippen molar-refractivity contribution in [2.45, 2.75) is 6.54 Å². The standard InChI is InChI=1S/C13H12ClFN2O2/c14-11-5-10(15)1-2-12(11)19-8-13(18)17-7-9-3-4-16-6-9/h1-6,16H,7-8H2,(H,17,18). The molecule has 1 aromatic heterocycles. The van der Waals surface area contributed by atoms with Crippen LogP contribution in [0.5, 0.6) is 5.75 Å². The van der Waals surface area contributed by atoms with Crippen LogP contribution < -0.4 is 10.1 Å². The minimum atomic E-state index is -0.450. The summed E-state index contributed by atoms with van der Waals surface area (Å²) in [5.74, 6) is -0.448. The van der Waals surface area contributed by atoms with Gasteiger partial charge in [0.1, 0.15) is 11.6 Å². The van der Waals surface area contributed by atoms with Crippen molar-refractivity contribution in [2.24, 2.45) is 0 Å². The van der Waals surface area contributed by atoms with Crippen LogP contribution in [0.2, 0.25) is 5.02 Å². The van der Waals surface area contributed by atoms with E-state index in [1.807, 2.05) is 6.07 Å². The number of aromatic nitrogens is 1. The van der Waals surface area contributed by atoms with Crippen molar-refractivity contribution in [2.75, 3.05) is 6.61 Å². The van der Waals surface area contributed by atoms with Gasteiger partial charge in [-0.1, -0.05) is 11.6 Å². The van der Waals surface area contributed by atoms with Crippen molar-refractivity contribution >= 4 is 17.5 Å². The number of nitrogens with one attached hydrogen (secondary N) is 2. The van der Waals surface area contributed by atoms with E-state index >= 15 is 0 Å². The number of amides is 1. The maximum atomic E-state index is 12.8. The lowest BCUT2D eigenvalue weighted by Gasteiger charge is -2.08. The SMILES string of the molecule is O=C(COc1ccc(F)cc1Cl)NCc1cc[nH]c1.